The molecule has 0 aliphatic carbocycles. The fraction of sp³-hybridized carbons (Fsp3) is 0.769. The topological polar surface area (TPSA) is 50.1 Å². The first-order valence-electron chi connectivity index (χ1n) is 6.63. The lowest BCUT2D eigenvalue weighted by Gasteiger charge is -2.20. The third-order valence-corrected chi connectivity index (χ3v) is 4.14. The van der Waals surface area contributed by atoms with Gasteiger partial charge in [-0.1, -0.05) is 20.8 Å². The van der Waals surface area contributed by atoms with Crippen molar-refractivity contribution < 1.29 is 5.11 Å². The highest BCUT2D eigenvalue weighted by Gasteiger charge is 2.16. The molecule has 1 rings (SSSR count). The van der Waals surface area contributed by atoms with Crippen LogP contribution in [0.4, 0.5) is 0 Å². The molecule has 0 amide bonds. The van der Waals surface area contributed by atoms with Crippen molar-refractivity contribution in [3.63, 3.8) is 0 Å². The Morgan fingerprint density at radius 1 is 1.39 bits per heavy atom. The Morgan fingerprint density at radius 3 is 2.50 bits per heavy atom. The molecule has 0 radical (unpaired) electrons. The molecule has 1 aromatic rings. The highest BCUT2D eigenvalue weighted by molar-refractivity contribution is 9.10. The summed E-state index contributed by atoms with van der Waals surface area (Å²) in [5.74, 6) is 0.414. The van der Waals surface area contributed by atoms with Crippen LogP contribution in [-0.4, -0.2) is 27.5 Å². The Balaban J connectivity index is 2.80. The van der Waals surface area contributed by atoms with Crippen molar-refractivity contribution in [1.29, 1.82) is 0 Å². The Bertz CT molecular complexity index is 377. The molecule has 0 saturated heterocycles. The lowest BCUT2D eigenvalue weighted by Crippen LogP contribution is -2.37. The normalized spacial score (nSPS) is 13.3. The van der Waals surface area contributed by atoms with Crippen molar-refractivity contribution >= 4 is 15.9 Å². The molecule has 1 atom stereocenters. The van der Waals surface area contributed by atoms with Crippen molar-refractivity contribution in [2.45, 2.75) is 53.2 Å². The Labute approximate surface area is 118 Å². The molecule has 0 fully saturated rings. The number of aliphatic hydroxyl groups is 1. The van der Waals surface area contributed by atoms with Gasteiger partial charge in [-0.2, -0.15) is 5.10 Å². The molecule has 5 heteroatoms. The zero-order valence-electron chi connectivity index (χ0n) is 11.7. The molecule has 1 aromatic heterocycles. The quantitative estimate of drug-likeness (QED) is 0.811. The first kappa shape index (κ1) is 15.7. The van der Waals surface area contributed by atoms with Gasteiger partial charge in [-0.3, -0.25) is 4.68 Å². The van der Waals surface area contributed by atoms with Crippen molar-refractivity contribution in [2.75, 3.05) is 6.61 Å². The van der Waals surface area contributed by atoms with Gasteiger partial charge >= 0.3 is 0 Å². The van der Waals surface area contributed by atoms with Gasteiger partial charge in [0.1, 0.15) is 0 Å². The molecule has 0 bridgehead atoms. The minimum absolute atomic E-state index is 0.127. The number of aliphatic hydroxyl groups excluding tert-OH is 1. The van der Waals surface area contributed by atoms with E-state index in [2.05, 4.69) is 54.0 Å². The van der Waals surface area contributed by atoms with Gasteiger partial charge in [-0.15, -0.1) is 0 Å². The Hall–Kier alpha value is -0.390. The first-order valence-corrected chi connectivity index (χ1v) is 7.42. The van der Waals surface area contributed by atoms with E-state index in [1.807, 2.05) is 4.68 Å². The lowest BCUT2D eigenvalue weighted by molar-refractivity contribution is 0.209. The van der Waals surface area contributed by atoms with Crippen molar-refractivity contribution in [1.82, 2.24) is 15.1 Å². The number of hydrogen-bond donors (Lipinski definition) is 2. The van der Waals surface area contributed by atoms with E-state index in [1.54, 1.807) is 0 Å². The van der Waals surface area contributed by atoms with Crippen LogP contribution >= 0.6 is 15.9 Å². The average Bonchev–Trinajstić information content (AvgIpc) is 2.66. The maximum atomic E-state index is 9.32. The van der Waals surface area contributed by atoms with Crippen LogP contribution < -0.4 is 5.32 Å². The molecule has 0 spiro atoms. The number of nitrogens with one attached hydrogen (secondary N) is 1. The summed E-state index contributed by atoms with van der Waals surface area (Å²) < 4.78 is 3.12. The molecule has 4 nitrogen and oxygen atoms in total. The van der Waals surface area contributed by atoms with Gasteiger partial charge in [-0.25, -0.2) is 0 Å². The van der Waals surface area contributed by atoms with E-state index in [-0.39, 0.29) is 12.6 Å². The second kappa shape index (κ2) is 7.26. The van der Waals surface area contributed by atoms with E-state index in [1.165, 1.54) is 0 Å². The van der Waals surface area contributed by atoms with Crippen LogP contribution in [0.3, 0.4) is 0 Å². The van der Waals surface area contributed by atoms with E-state index in [4.69, 9.17) is 0 Å². The summed E-state index contributed by atoms with van der Waals surface area (Å²) >= 11 is 3.63. The smallest absolute Gasteiger partial charge is 0.0767 e. The summed E-state index contributed by atoms with van der Waals surface area (Å²) in [5, 5.41) is 17.3. The van der Waals surface area contributed by atoms with Gasteiger partial charge in [0.05, 0.1) is 22.5 Å². The minimum atomic E-state index is 0.127. The van der Waals surface area contributed by atoms with Gasteiger partial charge in [0.15, 0.2) is 0 Å². The van der Waals surface area contributed by atoms with E-state index < -0.39 is 0 Å². The molecule has 18 heavy (non-hydrogen) atoms. The third kappa shape index (κ3) is 3.56. The molecular formula is C13H24BrN3O. The maximum absolute atomic E-state index is 9.32. The fourth-order valence-corrected chi connectivity index (χ4v) is 2.63. The van der Waals surface area contributed by atoms with E-state index in [9.17, 15) is 5.11 Å². The average molecular weight is 318 g/mol. The summed E-state index contributed by atoms with van der Waals surface area (Å²) in [6, 6.07) is 0.127. The summed E-state index contributed by atoms with van der Waals surface area (Å²) in [7, 11) is 0. The second-order valence-electron chi connectivity index (χ2n) is 4.79. The van der Waals surface area contributed by atoms with Crippen LogP contribution in [-0.2, 0) is 19.5 Å². The van der Waals surface area contributed by atoms with Crippen LogP contribution in [0.2, 0.25) is 0 Å². The maximum Gasteiger partial charge on any atom is 0.0767 e. The van der Waals surface area contributed by atoms with E-state index in [0.29, 0.717) is 5.92 Å². The first-order chi connectivity index (χ1) is 8.54. The highest BCUT2D eigenvalue weighted by atomic mass is 79.9. The van der Waals surface area contributed by atoms with Gasteiger partial charge < -0.3 is 10.4 Å². The number of aromatic nitrogens is 2. The number of rotatable bonds is 7. The summed E-state index contributed by atoms with van der Waals surface area (Å²) in [6.07, 6.45) is 0.925. The SMILES string of the molecule is CCc1nn(CC)c(CNC(CO)C(C)C)c1Br. The summed E-state index contributed by atoms with van der Waals surface area (Å²) in [4.78, 5) is 0. The molecule has 0 aliphatic heterocycles. The predicted octanol–water partition coefficient (Wildman–Crippen LogP) is 2.33. The molecule has 0 saturated carbocycles. The molecule has 2 N–H and O–H groups in total. The number of hydrogen-bond acceptors (Lipinski definition) is 3. The van der Waals surface area contributed by atoms with Crippen molar-refractivity contribution in [3.05, 3.63) is 15.9 Å². The molecule has 104 valence electrons. The van der Waals surface area contributed by atoms with Gasteiger partial charge in [0, 0.05) is 19.1 Å². The Kier molecular flexibility index (Phi) is 6.32. The monoisotopic (exact) mass is 317 g/mol. The van der Waals surface area contributed by atoms with E-state index >= 15 is 0 Å². The molecule has 0 aliphatic rings. The molecule has 1 heterocycles. The van der Waals surface area contributed by atoms with Gasteiger partial charge in [0.2, 0.25) is 0 Å². The van der Waals surface area contributed by atoms with Gasteiger partial charge in [0.25, 0.3) is 0 Å². The number of nitrogens with zero attached hydrogens (tertiary/aromatic N) is 2. The van der Waals surface area contributed by atoms with Crippen LogP contribution in [0.1, 0.15) is 39.1 Å². The fourth-order valence-electron chi connectivity index (χ4n) is 1.93. The van der Waals surface area contributed by atoms with Crippen molar-refractivity contribution in [2.24, 2.45) is 5.92 Å². The molecule has 0 aromatic carbocycles. The van der Waals surface area contributed by atoms with Crippen LogP contribution in [0, 0.1) is 5.92 Å². The van der Waals surface area contributed by atoms with Crippen molar-refractivity contribution in [3.8, 4) is 0 Å². The summed E-state index contributed by atoms with van der Waals surface area (Å²) in [6.45, 7) is 10.2. The predicted molar refractivity (Wildman–Crippen MR) is 77.5 cm³/mol. The largest absolute Gasteiger partial charge is 0.395 e. The minimum Gasteiger partial charge on any atom is -0.395 e. The van der Waals surface area contributed by atoms with Crippen LogP contribution in [0.15, 0.2) is 4.47 Å². The third-order valence-electron chi connectivity index (χ3n) is 3.23. The zero-order valence-corrected chi connectivity index (χ0v) is 13.3. The number of halogens is 1. The van der Waals surface area contributed by atoms with E-state index in [0.717, 1.165) is 35.4 Å². The van der Waals surface area contributed by atoms with Crippen LogP contribution in [0.25, 0.3) is 0 Å². The summed E-state index contributed by atoms with van der Waals surface area (Å²) in [5.41, 5.74) is 2.26. The molecular weight excluding hydrogens is 294 g/mol. The van der Waals surface area contributed by atoms with Crippen LogP contribution in [0.5, 0.6) is 0 Å². The Morgan fingerprint density at radius 2 is 2.06 bits per heavy atom. The van der Waals surface area contributed by atoms with Gasteiger partial charge in [-0.05, 0) is 35.2 Å². The lowest BCUT2D eigenvalue weighted by atomic mass is 10.1. The number of aryl methyl sites for hydroxylation is 2. The highest BCUT2D eigenvalue weighted by Crippen LogP contribution is 2.22. The zero-order chi connectivity index (χ0) is 13.7. The second-order valence-corrected chi connectivity index (χ2v) is 5.58. The molecule has 1 unspecified atom stereocenters. The standard InChI is InChI=1S/C13H24BrN3O/c1-5-10-13(14)12(17(6-2)16-10)7-15-11(8-18)9(3)4/h9,11,15,18H,5-8H2,1-4H3.